The van der Waals surface area contributed by atoms with Crippen LogP contribution in [0.5, 0.6) is 0 Å². The Morgan fingerprint density at radius 2 is 2.25 bits per heavy atom. The van der Waals surface area contributed by atoms with Crippen LogP contribution in [-0.2, 0) is 17.9 Å². The molecule has 0 aliphatic heterocycles. The van der Waals surface area contributed by atoms with Crippen molar-refractivity contribution in [1.29, 1.82) is 0 Å². The van der Waals surface area contributed by atoms with E-state index in [1.807, 2.05) is 30.8 Å². The highest BCUT2D eigenvalue weighted by molar-refractivity contribution is 5.90. The number of hydrogen-bond donors (Lipinski definition) is 1. The van der Waals surface area contributed by atoms with E-state index < -0.39 is 0 Å². The van der Waals surface area contributed by atoms with Gasteiger partial charge in [-0.05, 0) is 38.7 Å². The Hall–Kier alpha value is -2.11. The largest absolute Gasteiger partial charge is 0.322 e. The van der Waals surface area contributed by atoms with Gasteiger partial charge in [0.05, 0.1) is 17.6 Å². The molecule has 0 radical (unpaired) electrons. The Morgan fingerprint density at radius 1 is 1.45 bits per heavy atom. The number of anilines is 1. The lowest BCUT2D eigenvalue weighted by Crippen LogP contribution is -2.20. The molecule has 1 aliphatic rings. The molecule has 1 saturated carbocycles. The van der Waals surface area contributed by atoms with Crippen LogP contribution in [0.3, 0.4) is 0 Å². The molecule has 0 atom stereocenters. The van der Waals surface area contributed by atoms with Crippen LogP contribution in [0.15, 0.2) is 18.5 Å². The Kier molecular flexibility index (Phi) is 3.30. The molecule has 6 heteroatoms. The van der Waals surface area contributed by atoms with Crippen LogP contribution in [0, 0.1) is 19.8 Å². The summed E-state index contributed by atoms with van der Waals surface area (Å²) in [5, 5.41) is 11.4. The topological polar surface area (TPSA) is 64.7 Å². The van der Waals surface area contributed by atoms with Crippen molar-refractivity contribution in [2.45, 2.75) is 39.8 Å². The molecule has 3 rings (SSSR count). The van der Waals surface area contributed by atoms with Gasteiger partial charge in [0.2, 0.25) is 5.91 Å². The minimum Gasteiger partial charge on any atom is -0.322 e. The summed E-state index contributed by atoms with van der Waals surface area (Å²) in [7, 11) is 0. The predicted octanol–water partition coefficient (Wildman–Crippen LogP) is 1.75. The minimum atomic E-state index is -0.0813. The Morgan fingerprint density at radius 3 is 2.90 bits per heavy atom. The van der Waals surface area contributed by atoms with Gasteiger partial charge in [-0.15, -0.1) is 0 Å². The molecule has 6 nitrogen and oxygen atoms in total. The zero-order valence-electron chi connectivity index (χ0n) is 11.8. The number of nitrogens with zero attached hydrogens (tertiary/aromatic N) is 4. The first-order valence-corrected chi connectivity index (χ1v) is 6.93. The second-order valence-electron chi connectivity index (χ2n) is 5.53. The van der Waals surface area contributed by atoms with E-state index in [0.717, 1.165) is 29.5 Å². The molecule has 20 heavy (non-hydrogen) atoms. The van der Waals surface area contributed by atoms with Gasteiger partial charge in [-0.2, -0.15) is 10.2 Å². The van der Waals surface area contributed by atoms with Gasteiger partial charge in [-0.3, -0.25) is 14.2 Å². The van der Waals surface area contributed by atoms with E-state index in [9.17, 15) is 4.79 Å². The fraction of sp³-hybridized carbons (Fsp3) is 0.500. The van der Waals surface area contributed by atoms with Crippen molar-refractivity contribution in [3.05, 3.63) is 29.8 Å². The van der Waals surface area contributed by atoms with Crippen LogP contribution in [0.4, 0.5) is 5.69 Å². The van der Waals surface area contributed by atoms with E-state index in [4.69, 9.17) is 0 Å². The SMILES string of the molecule is Cc1cc(C)n(CC(=O)Nc2cnn(CC3CC3)c2)n1. The van der Waals surface area contributed by atoms with Crippen molar-refractivity contribution >= 4 is 11.6 Å². The van der Waals surface area contributed by atoms with Gasteiger partial charge in [0.1, 0.15) is 6.54 Å². The van der Waals surface area contributed by atoms with E-state index in [1.165, 1.54) is 12.8 Å². The van der Waals surface area contributed by atoms with Crippen LogP contribution in [0.1, 0.15) is 24.2 Å². The normalized spacial score (nSPS) is 14.5. The fourth-order valence-electron chi connectivity index (χ4n) is 2.26. The lowest BCUT2D eigenvalue weighted by molar-refractivity contribution is -0.116. The molecule has 2 aromatic rings. The van der Waals surface area contributed by atoms with Crippen LogP contribution in [0.2, 0.25) is 0 Å². The number of nitrogens with one attached hydrogen (secondary N) is 1. The van der Waals surface area contributed by atoms with Crippen molar-refractivity contribution in [2.75, 3.05) is 5.32 Å². The summed E-state index contributed by atoms with van der Waals surface area (Å²) in [4.78, 5) is 12.0. The molecule has 0 spiro atoms. The lowest BCUT2D eigenvalue weighted by atomic mass is 10.4. The van der Waals surface area contributed by atoms with Gasteiger partial charge in [0, 0.05) is 18.4 Å². The third kappa shape index (κ3) is 3.07. The predicted molar refractivity (Wildman–Crippen MR) is 75.3 cm³/mol. The Bertz CT molecular complexity index is 623. The number of carbonyl (C=O) groups is 1. The maximum Gasteiger partial charge on any atom is 0.246 e. The maximum atomic E-state index is 12.0. The summed E-state index contributed by atoms with van der Waals surface area (Å²) in [6.45, 7) is 5.05. The first-order valence-electron chi connectivity index (χ1n) is 6.93. The average Bonchev–Trinajstić information content (AvgIpc) is 2.99. The summed E-state index contributed by atoms with van der Waals surface area (Å²) in [5.74, 6) is 0.690. The first-order chi connectivity index (χ1) is 9.60. The second-order valence-corrected chi connectivity index (χ2v) is 5.53. The smallest absolute Gasteiger partial charge is 0.246 e. The van der Waals surface area contributed by atoms with Crippen LogP contribution in [0.25, 0.3) is 0 Å². The number of carbonyl (C=O) groups excluding carboxylic acids is 1. The van der Waals surface area contributed by atoms with Crippen LogP contribution >= 0.6 is 0 Å². The monoisotopic (exact) mass is 273 g/mol. The zero-order chi connectivity index (χ0) is 14.1. The van der Waals surface area contributed by atoms with Gasteiger partial charge >= 0.3 is 0 Å². The Balaban J connectivity index is 1.57. The molecular formula is C14H19N5O. The third-order valence-corrected chi connectivity index (χ3v) is 3.46. The molecule has 0 unspecified atom stereocenters. The molecule has 1 amide bonds. The maximum absolute atomic E-state index is 12.0. The molecule has 0 saturated heterocycles. The number of rotatable bonds is 5. The molecule has 1 aliphatic carbocycles. The van der Waals surface area contributed by atoms with E-state index >= 15 is 0 Å². The average molecular weight is 273 g/mol. The van der Waals surface area contributed by atoms with Crippen molar-refractivity contribution in [2.24, 2.45) is 5.92 Å². The number of amides is 1. The van der Waals surface area contributed by atoms with E-state index in [0.29, 0.717) is 0 Å². The van der Waals surface area contributed by atoms with Crippen LogP contribution < -0.4 is 5.32 Å². The first kappa shape index (κ1) is 12.9. The standard InChI is InChI=1S/C14H19N5O/c1-10-5-11(2)19(17-10)9-14(20)16-13-6-15-18(8-13)7-12-3-4-12/h5-6,8,12H,3-4,7,9H2,1-2H3,(H,16,20). The zero-order valence-corrected chi connectivity index (χ0v) is 11.8. The minimum absolute atomic E-state index is 0.0813. The van der Waals surface area contributed by atoms with Crippen molar-refractivity contribution in [3.8, 4) is 0 Å². The fourth-order valence-corrected chi connectivity index (χ4v) is 2.26. The molecule has 2 heterocycles. The van der Waals surface area contributed by atoms with Crippen molar-refractivity contribution in [1.82, 2.24) is 19.6 Å². The summed E-state index contributed by atoms with van der Waals surface area (Å²) >= 11 is 0. The van der Waals surface area contributed by atoms with Crippen molar-refractivity contribution in [3.63, 3.8) is 0 Å². The van der Waals surface area contributed by atoms with Gasteiger partial charge < -0.3 is 5.32 Å². The Labute approximate surface area is 117 Å². The van der Waals surface area contributed by atoms with Gasteiger partial charge in [0.25, 0.3) is 0 Å². The molecular weight excluding hydrogens is 254 g/mol. The summed E-state index contributed by atoms with van der Waals surface area (Å²) in [5.41, 5.74) is 2.66. The molecule has 1 N–H and O–H groups in total. The number of aryl methyl sites for hydroxylation is 2. The molecule has 106 valence electrons. The molecule has 0 bridgehead atoms. The third-order valence-electron chi connectivity index (χ3n) is 3.46. The van der Waals surface area contributed by atoms with Gasteiger partial charge in [-0.1, -0.05) is 0 Å². The van der Waals surface area contributed by atoms with Crippen LogP contribution in [-0.4, -0.2) is 25.5 Å². The highest BCUT2D eigenvalue weighted by Crippen LogP contribution is 2.30. The number of aromatic nitrogens is 4. The molecule has 0 aromatic carbocycles. The van der Waals surface area contributed by atoms with Crippen molar-refractivity contribution < 1.29 is 4.79 Å². The lowest BCUT2D eigenvalue weighted by Gasteiger charge is -2.04. The van der Waals surface area contributed by atoms with Gasteiger partial charge in [-0.25, -0.2) is 0 Å². The van der Waals surface area contributed by atoms with E-state index in [2.05, 4.69) is 15.5 Å². The summed E-state index contributed by atoms with van der Waals surface area (Å²) in [6, 6.07) is 1.96. The summed E-state index contributed by atoms with van der Waals surface area (Å²) < 4.78 is 3.61. The summed E-state index contributed by atoms with van der Waals surface area (Å²) in [6.07, 6.45) is 6.16. The number of hydrogen-bond acceptors (Lipinski definition) is 3. The van der Waals surface area contributed by atoms with E-state index in [1.54, 1.807) is 10.9 Å². The highest BCUT2D eigenvalue weighted by atomic mass is 16.2. The van der Waals surface area contributed by atoms with Gasteiger partial charge in [0.15, 0.2) is 0 Å². The van der Waals surface area contributed by atoms with E-state index in [-0.39, 0.29) is 12.5 Å². The molecule has 2 aromatic heterocycles. The molecule has 1 fully saturated rings. The quantitative estimate of drug-likeness (QED) is 0.902. The highest BCUT2D eigenvalue weighted by Gasteiger charge is 2.22. The second kappa shape index (κ2) is 5.11.